The van der Waals surface area contributed by atoms with Crippen LogP contribution in [-0.4, -0.2) is 32.2 Å². The number of hydrogen-bond acceptors (Lipinski definition) is 6. The molecule has 0 saturated carbocycles. The zero-order valence-corrected chi connectivity index (χ0v) is 12.5. The maximum absolute atomic E-state index is 9.74. The molecule has 6 heteroatoms. The summed E-state index contributed by atoms with van der Waals surface area (Å²) < 4.78 is 0. The van der Waals surface area contributed by atoms with Crippen molar-refractivity contribution in [1.82, 2.24) is 0 Å². The van der Waals surface area contributed by atoms with Crippen LogP contribution in [0.5, 0.6) is 0 Å². The molecule has 21 heavy (non-hydrogen) atoms. The summed E-state index contributed by atoms with van der Waals surface area (Å²) in [6.45, 7) is 7.85. The molecule has 0 unspecified atom stereocenters. The van der Waals surface area contributed by atoms with Crippen LogP contribution in [-0.2, 0) is 0 Å². The van der Waals surface area contributed by atoms with Gasteiger partial charge in [-0.05, 0) is 13.8 Å². The van der Waals surface area contributed by atoms with Gasteiger partial charge in [-0.2, -0.15) is 0 Å². The Morgan fingerprint density at radius 1 is 1.38 bits per heavy atom. The number of hydrogen-bond donors (Lipinski definition) is 5. The first kappa shape index (κ1) is 18.6. The first-order valence-electron chi connectivity index (χ1n) is 6.29. The van der Waals surface area contributed by atoms with E-state index in [0.29, 0.717) is 5.71 Å². The average Bonchev–Trinajstić information content (AvgIpc) is 2.41. The van der Waals surface area contributed by atoms with E-state index in [1.165, 1.54) is 13.1 Å². The zero-order valence-electron chi connectivity index (χ0n) is 12.5. The van der Waals surface area contributed by atoms with E-state index in [-0.39, 0.29) is 29.4 Å². The molecule has 0 saturated heterocycles. The fraction of sp³-hybridized carbons (Fsp3) is 0.400. The second-order valence-electron chi connectivity index (χ2n) is 4.53. The van der Waals surface area contributed by atoms with E-state index in [2.05, 4.69) is 23.4 Å². The van der Waals surface area contributed by atoms with Gasteiger partial charge in [0.15, 0.2) is 0 Å². The van der Waals surface area contributed by atoms with Gasteiger partial charge in [0.2, 0.25) is 0 Å². The second kappa shape index (κ2) is 8.72. The van der Waals surface area contributed by atoms with Crippen molar-refractivity contribution in [2.75, 3.05) is 0 Å². The quantitative estimate of drug-likeness (QED) is 0.292. The first-order valence-corrected chi connectivity index (χ1v) is 6.29. The number of aliphatic hydroxyl groups is 4. The molecule has 0 aliphatic heterocycles. The first-order chi connectivity index (χ1) is 9.70. The molecule has 6 nitrogen and oxygen atoms in total. The summed E-state index contributed by atoms with van der Waals surface area (Å²) in [6.07, 6.45) is 0.0389. The molecular formula is C15H22N2O4. The number of allylic oxidation sites excluding steroid dienone is 1. The number of nitrogens with zero attached hydrogens (tertiary/aromatic N) is 1. The summed E-state index contributed by atoms with van der Waals surface area (Å²) in [5.41, 5.74) is 6.19. The molecule has 6 N–H and O–H groups in total. The van der Waals surface area contributed by atoms with Crippen LogP contribution in [0, 0.1) is 17.8 Å². The van der Waals surface area contributed by atoms with E-state index in [9.17, 15) is 15.3 Å². The lowest BCUT2D eigenvalue weighted by atomic mass is 9.98. The van der Waals surface area contributed by atoms with Crippen LogP contribution < -0.4 is 5.73 Å². The van der Waals surface area contributed by atoms with Crippen molar-refractivity contribution in [2.45, 2.75) is 33.3 Å². The molecule has 0 rings (SSSR count). The highest BCUT2D eigenvalue weighted by molar-refractivity contribution is 6.02. The van der Waals surface area contributed by atoms with Crippen LogP contribution in [0.3, 0.4) is 0 Å². The summed E-state index contributed by atoms with van der Waals surface area (Å²) in [5.74, 6) is 3.96. The summed E-state index contributed by atoms with van der Waals surface area (Å²) in [7, 11) is 0. The molecule has 0 aliphatic carbocycles. The fourth-order valence-electron chi connectivity index (χ4n) is 1.35. The summed E-state index contributed by atoms with van der Waals surface area (Å²) in [6, 6.07) is 0. The molecule has 0 bridgehead atoms. The largest absolute Gasteiger partial charge is 0.510 e. The maximum Gasteiger partial charge on any atom is 0.135 e. The third-order valence-electron chi connectivity index (χ3n) is 2.66. The van der Waals surface area contributed by atoms with Gasteiger partial charge in [-0.3, -0.25) is 4.99 Å². The standard InChI is InChI=1S/C15H22N2O4/c1-5-6-13(9(2)15(21)11(4)19)17-8-12(16)7-14(20)10(3)18/h8-9,15,18-21H,4,7,16H2,1-3H3/b12-8-,14-10+,17-13?/t9-,15+/m1/s1. The van der Waals surface area contributed by atoms with Crippen molar-refractivity contribution < 1.29 is 20.4 Å². The van der Waals surface area contributed by atoms with Crippen molar-refractivity contribution in [1.29, 1.82) is 0 Å². The lowest BCUT2D eigenvalue weighted by Gasteiger charge is -2.16. The Labute approximate surface area is 124 Å². The summed E-state index contributed by atoms with van der Waals surface area (Å²) in [4.78, 5) is 4.06. The molecule has 0 spiro atoms. The lowest BCUT2D eigenvalue weighted by molar-refractivity contribution is 0.130. The highest BCUT2D eigenvalue weighted by atomic mass is 16.3. The lowest BCUT2D eigenvalue weighted by Crippen LogP contribution is -2.26. The van der Waals surface area contributed by atoms with Gasteiger partial charge < -0.3 is 26.2 Å². The topological polar surface area (TPSA) is 119 Å². The molecule has 0 aromatic rings. The molecular weight excluding hydrogens is 272 g/mol. The highest BCUT2D eigenvalue weighted by Gasteiger charge is 2.21. The molecule has 0 radical (unpaired) electrons. The molecule has 2 atom stereocenters. The van der Waals surface area contributed by atoms with Crippen LogP contribution >= 0.6 is 0 Å². The molecule has 116 valence electrons. The van der Waals surface area contributed by atoms with Crippen LogP contribution in [0.1, 0.15) is 27.2 Å². The fourth-order valence-corrected chi connectivity index (χ4v) is 1.35. The van der Waals surface area contributed by atoms with Crippen LogP contribution in [0.2, 0.25) is 0 Å². The summed E-state index contributed by atoms with van der Waals surface area (Å²) in [5, 5.41) is 37.4. The minimum atomic E-state index is -1.19. The van der Waals surface area contributed by atoms with E-state index in [4.69, 9.17) is 10.8 Å². The Morgan fingerprint density at radius 3 is 2.38 bits per heavy atom. The number of rotatable bonds is 6. The van der Waals surface area contributed by atoms with E-state index in [1.54, 1.807) is 13.8 Å². The van der Waals surface area contributed by atoms with Crippen molar-refractivity contribution in [3.63, 3.8) is 0 Å². The minimum absolute atomic E-state index is 0.0533. The smallest absolute Gasteiger partial charge is 0.135 e. The van der Waals surface area contributed by atoms with Crippen molar-refractivity contribution in [2.24, 2.45) is 16.6 Å². The predicted octanol–water partition coefficient (Wildman–Crippen LogP) is 2.06. The van der Waals surface area contributed by atoms with E-state index in [0.717, 1.165) is 0 Å². The molecule has 0 aromatic heterocycles. The van der Waals surface area contributed by atoms with Gasteiger partial charge in [0.25, 0.3) is 0 Å². The predicted molar refractivity (Wildman–Crippen MR) is 82.7 cm³/mol. The van der Waals surface area contributed by atoms with Gasteiger partial charge in [0.05, 0.1) is 5.71 Å². The molecule has 0 fully saturated rings. The number of aliphatic imine (C=N–C) groups is 1. The van der Waals surface area contributed by atoms with Crippen LogP contribution in [0.15, 0.2) is 40.7 Å². The third kappa shape index (κ3) is 6.54. The molecule has 0 aromatic carbocycles. The Bertz CT molecular complexity index is 532. The highest BCUT2D eigenvalue weighted by Crippen LogP contribution is 2.12. The molecule has 0 heterocycles. The maximum atomic E-state index is 9.74. The summed E-state index contributed by atoms with van der Waals surface area (Å²) >= 11 is 0. The van der Waals surface area contributed by atoms with Gasteiger partial charge in [-0.25, -0.2) is 0 Å². The Kier molecular flexibility index (Phi) is 7.72. The van der Waals surface area contributed by atoms with Crippen molar-refractivity contribution >= 4 is 5.71 Å². The molecule has 0 aliphatic rings. The number of aliphatic hydroxyl groups excluding tert-OH is 4. The Balaban J connectivity index is 5.25. The van der Waals surface area contributed by atoms with Crippen molar-refractivity contribution in [3.05, 3.63) is 35.8 Å². The zero-order chi connectivity index (χ0) is 16.6. The van der Waals surface area contributed by atoms with E-state index in [1.807, 2.05) is 0 Å². The van der Waals surface area contributed by atoms with Crippen molar-refractivity contribution in [3.8, 4) is 11.8 Å². The average molecular weight is 294 g/mol. The number of nitrogens with two attached hydrogens (primary N) is 1. The third-order valence-corrected chi connectivity index (χ3v) is 2.66. The Hall–Kier alpha value is -2.39. The van der Waals surface area contributed by atoms with Crippen LogP contribution in [0.4, 0.5) is 0 Å². The van der Waals surface area contributed by atoms with Gasteiger partial charge >= 0.3 is 0 Å². The Morgan fingerprint density at radius 2 is 1.95 bits per heavy atom. The SMILES string of the molecule is C=C(O)[C@@H](O)[C@H](C)C(C#CC)=N/C=C(\N)C/C(O)=C(/C)O. The van der Waals surface area contributed by atoms with Gasteiger partial charge in [0.1, 0.15) is 23.4 Å². The van der Waals surface area contributed by atoms with Gasteiger partial charge in [-0.15, -0.1) is 5.92 Å². The normalized spacial score (nSPS) is 16.4. The van der Waals surface area contributed by atoms with E-state index < -0.39 is 12.0 Å². The van der Waals surface area contributed by atoms with E-state index >= 15 is 0 Å². The monoisotopic (exact) mass is 294 g/mol. The van der Waals surface area contributed by atoms with Crippen LogP contribution in [0.25, 0.3) is 0 Å². The van der Waals surface area contributed by atoms with Gasteiger partial charge in [0, 0.05) is 24.2 Å². The minimum Gasteiger partial charge on any atom is -0.510 e. The molecule has 0 amide bonds. The second-order valence-corrected chi connectivity index (χ2v) is 4.53. The van der Waals surface area contributed by atoms with Gasteiger partial charge in [-0.1, -0.05) is 19.4 Å².